The molecule has 2 heterocycles. The zero-order chi connectivity index (χ0) is 26.3. The number of amides is 1. The highest BCUT2D eigenvalue weighted by molar-refractivity contribution is 7.89. The summed E-state index contributed by atoms with van der Waals surface area (Å²) in [7, 11) is -2.30. The van der Waals surface area contributed by atoms with Gasteiger partial charge in [0.25, 0.3) is 5.91 Å². The number of ether oxygens (including phenoxy) is 1. The molecule has 3 rings (SSSR count). The van der Waals surface area contributed by atoms with E-state index in [0.29, 0.717) is 29.2 Å². The Morgan fingerprint density at radius 1 is 1.08 bits per heavy atom. The van der Waals surface area contributed by atoms with E-state index in [1.807, 2.05) is 13.8 Å². The van der Waals surface area contributed by atoms with Gasteiger partial charge in [-0.15, -0.1) is 11.3 Å². The van der Waals surface area contributed by atoms with Gasteiger partial charge in [0.2, 0.25) is 10.0 Å². The second-order valence-electron chi connectivity index (χ2n) is 8.91. The summed E-state index contributed by atoms with van der Waals surface area (Å²) in [5.41, 5.74) is 1.68. The third-order valence-corrected chi connectivity index (χ3v) is 9.52. The lowest BCUT2D eigenvalue weighted by atomic mass is 10.0. The summed E-state index contributed by atoms with van der Waals surface area (Å²) in [6.45, 7) is 9.62. The van der Waals surface area contributed by atoms with E-state index >= 15 is 0 Å². The van der Waals surface area contributed by atoms with Gasteiger partial charge in [-0.3, -0.25) is 9.69 Å². The molecule has 10 heteroatoms. The van der Waals surface area contributed by atoms with Crippen molar-refractivity contribution in [3.63, 3.8) is 0 Å². The first kappa shape index (κ1) is 28.3. The van der Waals surface area contributed by atoms with Crippen LogP contribution in [0.25, 0.3) is 0 Å². The minimum absolute atomic E-state index is 0.174. The number of carbonyl (C=O) groups excluding carboxylic acids is 2. The van der Waals surface area contributed by atoms with Crippen molar-refractivity contribution in [2.24, 2.45) is 0 Å². The molecule has 0 saturated heterocycles. The number of benzene rings is 1. The van der Waals surface area contributed by atoms with Crippen molar-refractivity contribution in [1.29, 1.82) is 0 Å². The van der Waals surface area contributed by atoms with E-state index in [-0.39, 0.29) is 4.90 Å². The van der Waals surface area contributed by atoms with Gasteiger partial charge in [-0.1, -0.05) is 33.6 Å². The van der Waals surface area contributed by atoms with Gasteiger partial charge in [0.15, 0.2) is 0 Å². The quantitative estimate of drug-likeness (QED) is 0.394. The number of rotatable bonds is 12. The van der Waals surface area contributed by atoms with Crippen LogP contribution in [0, 0.1) is 0 Å². The largest absolute Gasteiger partial charge is 0.465 e. The number of fused-ring (bicyclic) bond motifs is 1. The SMILES string of the molecule is CCCCN(CCCC)S(=O)(=O)c1ccc(C(=O)Nc2sc3c(c2C(=O)OC)CCN(CC)C3)cc1. The van der Waals surface area contributed by atoms with Crippen LogP contribution in [-0.2, 0) is 27.7 Å². The van der Waals surface area contributed by atoms with E-state index in [0.717, 1.165) is 62.2 Å². The number of unbranched alkanes of at least 4 members (excludes halogenated alkanes) is 2. The fourth-order valence-electron chi connectivity index (χ4n) is 4.26. The number of esters is 1. The fraction of sp³-hybridized carbons (Fsp3) is 0.538. The maximum atomic E-state index is 13.2. The third kappa shape index (κ3) is 6.34. The van der Waals surface area contributed by atoms with Gasteiger partial charge in [0.05, 0.1) is 17.6 Å². The van der Waals surface area contributed by atoms with Crippen molar-refractivity contribution in [3.05, 3.63) is 45.8 Å². The van der Waals surface area contributed by atoms with Crippen LogP contribution in [0.2, 0.25) is 0 Å². The third-order valence-electron chi connectivity index (χ3n) is 6.48. The average molecular weight is 536 g/mol. The molecule has 1 aromatic heterocycles. The summed E-state index contributed by atoms with van der Waals surface area (Å²) >= 11 is 1.40. The van der Waals surface area contributed by atoms with E-state index in [2.05, 4.69) is 17.1 Å². The average Bonchev–Trinajstić information content (AvgIpc) is 3.24. The molecule has 0 saturated carbocycles. The lowest BCUT2D eigenvalue weighted by molar-refractivity contribution is 0.0600. The molecular weight excluding hydrogens is 498 g/mol. The minimum Gasteiger partial charge on any atom is -0.465 e. The molecule has 8 nitrogen and oxygen atoms in total. The van der Waals surface area contributed by atoms with Crippen LogP contribution in [0.5, 0.6) is 0 Å². The molecule has 1 aliphatic rings. The van der Waals surface area contributed by atoms with E-state index in [1.165, 1.54) is 47.0 Å². The Balaban J connectivity index is 1.82. The van der Waals surface area contributed by atoms with E-state index < -0.39 is 21.9 Å². The number of anilines is 1. The van der Waals surface area contributed by atoms with E-state index in [9.17, 15) is 18.0 Å². The summed E-state index contributed by atoms with van der Waals surface area (Å²) in [6, 6.07) is 6.00. The van der Waals surface area contributed by atoms with Crippen LogP contribution >= 0.6 is 11.3 Å². The number of nitrogens with zero attached hydrogens (tertiary/aromatic N) is 2. The summed E-state index contributed by atoms with van der Waals surface area (Å²) in [4.78, 5) is 29.1. The number of hydrogen-bond acceptors (Lipinski definition) is 7. The first-order valence-electron chi connectivity index (χ1n) is 12.6. The normalized spacial score (nSPS) is 14.0. The molecule has 0 bridgehead atoms. The number of carbonyl (C=O) groups is 2. The topological polar surface area (TPSA) is 96.0 Å². The number of sulfonamides is 1. The summed E-state index contributed by atoms with van der Waals surface area (Å²) in [6.07, 6.45) is 4.14. The summed E-state index contributed by atoms with van der Waals surface area (Å²) < 4.78 is 32.9. The molecule has 1 N–H and O–H groups in total. The van der Waals surface area contributed by atoms with Gasteiger partial charge in [-0.05, 0) is 55.6 Å². The molecule has 1 amide bonds. The Morgan fingerprint density at radius 3 is 2.28 bits per heavy atom. The molecule has 198 valence electrons. The molecule has 36 heavy (non-hydrogen) atoms. The van der Waals surface area contributed by atoms with Gasteiger partial charge in [-0.25, -0.2) is 13.2 Å². The monoisotopic (exact) mass is 535 g/mol. The van der Waals surface area contributed by atoms with E-state index in [1.54, 1.807) is 0 Å². The van der Waals surface area contributed by atoms with Crippen LogP contribution in [0.3, 0.4) is 0 Å². The zero-order valence-electron chi connectivity index (χ0n) is 21.6. The molecule has 0 atom stereocenters. The van der Waals surface area contributed by atoms with Crippen LogP contribution in [-0.4, -0.2) is 62.8 Å². The number of nitrogens with one attached hydrogen (secondary N) is 1. The predicted octanol–water partition coefficient (Wildman–Crippen LogP) is 4.76. The summed E-state index contributed by atoms with van der Waals surface area (Å²) in [5, 5.41) is 3.34. The van der Waals surface area contributed by atoms with Crippen LogP contribution in [0.4, 0.5) is 5.00 Å². The van der Waals surface area contributed by atoms with Crippen molar-refractivity contribution >= 4 is 38.2 Å². The number of hydrogen-bond donors (Lipinski definition) is 1. The molecule has 0 unspecified atom stereocenters. The fourth-order valence-corrected chi connectivity index (χ4v) is 7.05. The number of likely N-dealkylation sites (N-methyl/N-ethyl adjacent to an activating group) is 1. The predicted molar refractivity (Wildman–Crippen MR) is 143 cm³/mol. The lowest BCUT2D eigenvalue weighted by Crippen LogP contribution is -2.33. The zero-order valence-corrected chi connectivity index (χ0v) is 23.3. The Bertz CT molecular complexity index is 1150. The van der Waals surface area contributed by atoms with Gasteiger partial charge in [-0.2, -0.15) is 4.31 Å². The maximum Gasteiger partial charge on any atom is 0.341 e. The molecule has 0 fully saturated rings. The Hall–Kier alpha value is -2.27. The molecule has 2 aromatic rings. The summed E-state index contributed by atoms with van der Waals surface area (Å²) in [5.74, 6) is -0.864. The Labute approximate surface area is 218 Å². The smallest absolute Gasteiger partial charge is 0.341 e. The molecule has 0 radical (unpaired) electrons. The van der Waals surface area contributed by atoms with Crippen molar-refractivity contribution < 1.29 is 22.7 Å². The van der Waals surface area contributed by atoms with Gasteiger partial charge in [0.1, 0.15) is 5.00 Å². The standard InChI is InChI=1S/C26H37N3O5S2/c1-5-8-15-29(16-9-6-2)36(32,33)20-12-10-19(11-13-20)24(30)27-25-23(26(31)34-4)21-14-17-28(7-3)18-22(21)35-25/h10-13H,5-9,14-18H2,1-4H3,(H,27,30). The van der Waals surface area contributed by atoms with Crippen molar-refractivity contribution in [3.8, 4) is 0 Å². The highest BCUT2D eigenvalue weighted by Crippen LogP contribution is 2.37. The molecule has 0 spiro atoms. The molecule has 1 aliphatic heterocycles. The highest BCUT2D eigenvalue weighted by atomic mass is 32.2. The van der Waals surface area contributed by atoms with Gasteiger partial charge in [0, 0.05) is 36.6 Å². The molecule has 0 aliphatic carbocycles. The Kier molecular flexibility index (Phi) is 10.1. The second kappa shape index (κ2) is 12.8. The van der Waals surface area contributed by atoms with Crippen molar-refractivity contribution in [2.45, 2.75) is 64.3 Å². The second-order valence-corrected chi connectivity index (χ2v) is 12.0. The first-order chi connectivity index (χ1) is 17.3. The molecular formula is C26H37N3O5S2. The van der Waals surface area contributed by atoms with Crippen LogP contribution in [0.1, 0.15) is 77.6 Å². The lowest BCUT2D eigenvalue weighted by Gasteiger charge is -2.25. The highest BCUT2D eigenvalue weighted by Gasteiger charge is 2.29. The Morgan fingerprint density at radius 2 is 1.72 bits per heavy atom. The van der Waals surface area contributed by atoms with Crippen molar-refractivity contribution in [1.82, 2.24) is 9.21 Å². The van der Waals surface area contributed by atoms with Gasteiger partial charge >= 0.3 is 5.97 Å². The molecule has 1 aromatic carbocycles. The minimum atomic E-state index is -3.64. The van der Waals surface area contributed by atoms with Crippen LogP contribution < -0.4 is 5.32 Å². The first-order valence-corrected chi connectivity index (χ1v) is 14.9. The maximum absolute atomic E-state index is 13.2. The van der Waals surface area contributed by atoms with Crippen molar-refractivity contribution in [2.75, 3.05) is 38.6 Å². The number of methoxy groups -OCH3 is 1. The van der Waals surface area contributed by atoms with Gasteiger partial charge < -0.3 is 10.1 Å². The van der Waals surface area contributed by atoms with E-state index in [4.69, 9.17) is 4.74 Å². The number of thiophene rings is 1. The van der Waals surface area contributed by atoms with Crippen LogP contribution in [0.15, 0.2) is 29.2 Å².